The Hall–Kier alpha value is -2.50. The molecule has 0 saturated heterocycles. The topological polar surface area (TPSA) is 68.8 Å². The summed E-state index contributed by atoms with van der Waals surface area (Å²) in [6, 6.07) is 3.70. The first-order valence-electron chi connectivity index (χ1n) is 6.58. The number of hydrogen-bond donors (Lipinski definition) is 0. The fourth-order valence-electron chi connectivity index (χ4n) is 1.50. The third-order valence-electron chi connectivity index (χ3n) is 2.44. The molecule has 0 amide bonds. The molecule has 0 bridgehead atoms. The fraction of sp³-hybridized carbons (Fsp3) is 0.333. The number of nitrogens with zero attached hydrogens (tertiary/aromatic N) is 2. The first-order valence-corrected chi connectivity index (χ1v) is 6.58. The lowest BCUT2D eigenvalue weighted by Crippen LogP contribution is -2.32. The number of carbonyl (C=O) groups is 2. The number of rotatable bonds is 6. The molecule has 0 fully saturated rings. The summed E-state index contributed by atoms with van der Waals surface area (Å²) in [5, 5.41) is 3.73. The maximum Gasteiger partial charge on any atom is 0.331 e. The standard InChI is InChI=1S/C15H19N2O4/c1-4-20-15(19)8-6-10-17-9-5-7-14(11-17)12(2)16-21-13(3)18/h5-9,11H,4,10H2,1-3H3/q+1/b8-6+,16-12+. The van der Waals surface area contributed by atoms with E-state index < -0.39 is 5.97 Å². The Morgan fingerprint density at radius 3 is 2.81 bits per heavy atom. The van der Waals surface area contributed by atoms with Gasteiger partial charge in [0.2, 0.25) is 0 Å². The Labute approximate surface area is 123 Å². The van der Waals surface area contributed by atoms with Crippen molar-refractivity contribution >= 4 is 17.7 Å². The van der Waals surface area contributed by atoms with Gasteiger partial charge in [-0.05, 0) is 26.0 Å². The van der Waals surface area contributed by atoms with Crippen LogP contribution in [-0.4, -0.2) is 24.3 Å². The zero-order valence-electron chi connectivity index (χ0n) is 12.4. The Balaban J connectivity index is 2.70. The average molecular weight is 291 g/mol. The molecule has 0 saturated carbocycles. The van der Waals surface area contributed by atoms with Gasteiger partial charge >= 0.3 is 11.9 Å². The Bertz CT molecular complexity index is 565. The van der Waals surface area contributed by atoms with Crippen molar-refractivity contribution < 1.29 is 23.7 Å². The summed E-state index contributed by atoms with van der Waals surface area (Å²) in [6.45, 7) is 5.68. The number of allylic oxidation sites excluding steroid dienone is 1. The van der Waals surface area contributed by atoms with Crippen molar-refractivity contribution in [3.8, 4) is 0 Å². The highest BCUT2D eigenvalue weighted by Crippen LogP contribution is 1.98. The monoisotopic (exact) mass is 291 g/mol. The normalized spacial score (nSPS) is 11.5. The third kappa shape index (κ3) is 6.47. The van der Waals surface area contributed by atoms with Crippen LogP contribution in [0.5, 0.6) is 0 Å². The van der Waals surface area contributed by atoms with Crippen molar-refractivity contribution in [1.29, 1.82) is 0 Å². The molecule has 21 heavy (non-hydrogen) atoms. The maximum absolute atomic E-state index is 11.2. The molecule has 0 N–H and O–H groups in total. The summed E-state index contributed by atoms with van der Waals surface area (Å²) >= 11 is 0. The predicted molar refractivity (Wildman–Crippen MR) is 76.4 cm³/mol. The second kappa shape index (κ2) is 8.63. The highest BCUT2D eigenvalue weighted by Gasteiger charge is 2.05. The number of ether oxygens (including phenoxy) is 1. The van der Waals surface area contributed by atoms with Gasteiger partial charge in [0.15, 0.2) is 18.9 Å². The predicted octanol–water partition coefficient (Wildman–Crippen LogP) is 1.38. The van der Waals surface area contributed by atoms with Crippen LogP contribution in [0.3, 0.4) is 0 Å². The lowest BCUT2D eigenvalue weighted by molar-refractivity contribution is -0.687. The Morgan fingerprint density at radius 1 is 1.38 bits per heavy atom. The van der Waals surface area contributed by atoms with Crippen molar-refractivity contribution in [2.45, 2.75) is 27.3 Å². The first kappa shape index (κ1) is 16.6. The molecule has 1 heterocycles. The lowest BCUT2D eigenvalue weighted by Gasteiger charge is -1.99. The van der Waals surface area contributed by atoms with Gasteiger partial charge in [0.1, 0.15) is 0 Å². The van der Waals surface area contributed by atoms with Gasteiger partial charge in [-0.25, -0.2) is 14.2 Å². The molecule has 0 radical (unpaired) electrons. The van der Waals surface area contributed by atoms with E-state index in [2.05, 4.69) is 9.99 Å². The molecule has 0 aliphatic carbocycles. The van der Waals surface area contributed by atoms with E-state index in [9.17, 15) is 9.59 Å². The smallest absolute Gasteiger partial charge is 0.331 e. The Kier molecular flexibility index (Phi) is 6.80. The van der Waals surface area contributed by atoms with E-state index in [0.717, 1.165) is 5.56 Å². The molecule has 0 spiro atoms. The van der Waals surface area contributed by atoms with E-state index in [0.29, 0.717) is 18.9 Å². The van der Waals surface area contributed by atoms with Crippen LogP contribution in [0.2, 0.25) is 0 Å². The minimum atomic E-state index is -0.462. The molecule has 0 aromatic carbocycles. The number of aromatic nitrogens is 1. The molecule has 112 valence electrons. The second-order valence-electron chi connectivity index (χ2n) is 4.20. The van der Waals surface area contributed by atoms with Crippen LogP contribution in [0.4, 0.5) is 0 Å². The Morgan fingerprint density at radius 2 is 2.14 bits per heavy atom. The van der Waals surface area contributed by atoms with Gasteiger partial charge < -0.3 is 9.57 Å². The summed E-state index contributed by atoms with van der Waals surface area (Å²) in [5.41, 5.74) is 1.41. The summed E-state index contributed by atoms with van der Waals surface area (Å²) in [5.74, 6) is -0.822. The van der Waals surface area contributed by atoms with Gasteiger partial charge in [0.05, 0.1) is 17.9 Å². The largest absolute Gasteiger partial charge is 0.463 e. The summed E-state index contributed by atoms with van der Waals surface area (Å²) in [7, 11) is 0. The molecule has 1 aromatic rings. The molecule has 1 aromatic heterocycles. The van der Waals surface area contributed by atoms with Crippen LogP contribution in [0.25, 0.3) is 0 Å². The van der Waals surface area contributed by atoms with Crippen LogP contribution >= 0.6 is 0 Å². The molecule has 0 unspecified atom stereocenters. The van der Waals surface area contributed by atoms with Crippen molar-refractivity contribution in [2.75, 3.05) is 6.61 Å². The van der Waals surface area contributed by atoms with E-state index >= 15 is 0 Å². The van der Waals surface area contributed by atoms with Crippen molar-refractivity contribution in [1.82, 2.24) is 0 Å². The van der Waals surface area contributed by atoms with Crippen molar-refractivity contribution in [3.63, 3.8) is 0 Å². The fourth-order valence-corrected chi connectivity index (χ4v) is 1.50. The summed E-state index contributed by atoms with van der Waals surface area (Å²) < 4.78 is 6.67. The van der Waals surface area contributed by atoms with E-state index in [1.54, 1.807) is 19.9 Å². The summed E-state index contributed by atoms with van der Waals surface area (Å²) in [6.07, 6.45) is 6.80. The number of pyridine rings is 1. The zero-order chi connectivity index (χ0) is 15.7. The van der Waals surface area contributed by atoms with E-state index in [-0.39, 0.29) is 5.97 Å². The van der Waals surface area contributed by atoms with Crippen LogP contribution in [0.1, 0.15) is 26.3 Å². The SMILES string of the molecule is CCOC(=O)/C=C/C[n+]1cccc(/C(C)=N/OC(C)=O)c1. The van der Waals surface area contributed by atoms with Gasteiger partial charge in [0.25, 0.3) is 0 Å². The van der Waals surface area contributed by atoms with Crippen LogP contribution in [0.15, 0.2) is 41.8 Å². The van der Waals surface area contributed by atoms with E-state index in [4.69, 9.17) is 4.74 Å². The molecule has 0 atom stereocenters. The highest BCUT2D eigenvalue weighted by atomic mass is 16.7. The molecular formula is C15H19N2O4+. The third-order valence-corrected chi connectivity index (χ3v) is 2.44. The van der Waals surface area contributed by atoms with E-state index in [1.165, 1.54) is 13.0 Å². The molecular weight excluding hydrogens is 272 g/mol. The van der Waals surface area contributed by atoms with E-state index in [1.807, 2.05) is 29.1 Å². The van der Waals surface area contributed by atoms with Gasteiger partial charge in [0, 0.05) is 19.1 Å². The van der Waals surface area contributed by atoms with Gasteiger partial charge in [-0.15, -0.1) is 0 Å². The van der Waals surface area contributed by atoms with Crippen LogP contribution in [0, 0.1) is 0 Å². The molecule has 0 aliphatic rings. The molecule has 0 aliphatic heterocycles. The lowest BCUT2D eigenvalue weighted by atomic mass is 10.2. The number of hydrogen-bond acceptors (Lipinski definition) is 5. The molecule has 6 nitrogen and oxygen atoms in total. The van der Waals surface area contributed by atoms with Crippen LogP contribution in [-0.2, 0) is 25.7 Å². The minimum absolute atomic E-state index is 0.359. The van der Waals surface area contributed by atoms with Gasteiger partial charge in [-0.3, -0.25) is 0 Å². The quantitative estimate of drug-likeness (QED) is 0.198. The minimum Gasteiger partial charge on any atom is -0.463 e. The second-order valence-corrected chi connectivity index (χ2v) is 4.20. The zero-order valence-corrected chi connectivity index (χ0v) is 12.4. The van der Waals surface area contributed by atoms with Crippen LogP contribution < -0.4 is 4.57 Å². The van der Waals surface area contributed by atoms with Gasteiger partial charge in [-0.2, -0.15) is 0 Å². The molecule has 1 rings (SSSR count). The first-order chi connectivity index (χ1) is 10.0. The number of carbonyl (C=O) groups excluding carboxylic acids is 2. The summed E-state index contributed by atoms with van der Waals surface area (Å²) in [4.78, 5) is 26.5. The highest BCUT2D eigenvalue weighted by molar-refractivity contribution is 5.98. The molecule has 6 heteroatoms. The maximum atomic E-state index is 11.2. The van der Waals surface area contributed by atoms with Crippen molar-refractivity contribution in [2.24, 2.45) is 5.16 Å². The number of esters is 1. The van der Waals surface area contributed by atoms with Crippen molar-refractivity contribution in [3.05, 3.63) is 42.2 Å². The van der Waals surface area contributed by atoms with Gasteiger partial charge in [-0.1, -0.05) is 5.16 Å². The average Bonchev–Trinajstić information content (AvgIpc) is 2.45. The number of oxime groups is 1.